The number of nitrogens with one attached hydrogen (secondary N) is 1. The van der Waals surface area contributed by atoms with Crippen LogP contribution in [0.1, 0.15) is 16.1 Å². The highest BCUT2D eigenvalue weighted by Crippen LogP contribution is 2.33. The fourth-order valence-electron chi connectivity index (χ4n) is 2.50. The number of benzene rings is 2. The van der Waals surface area contributed by atoms with E-state index in [0.717, 1.165) is 24.4 Å². The molecular formula is C17H11BrN4O8. The van der Waals surface area contributed by atoms with Crippen LogP contribution in [0.25, 0.3) is 11.0 Å². The number of rotatable bonds is 6. The second kappa shape index (κ2) is 8.16. The summed E-state index contributed by atoms with van der Waals surface area (Å²) >= 11 is 2.99. The van der Waals surface area contributed by atoms with Crippen molar-refractivity contribution in [2.45, 2.75) is 0 Å². The molecule has 0 fully saturated rings. The van der Waals surface area contributed by atoms with Gasteiger partial charge in [0.05, 0.1) is 33.7 Å². The molecule has 0 saturated heterocycles. The number of hydrogen-bond donors (Lipinski definition) is 2. The zero-order valence-electron chi connectivity index (χ0n) is 15.0. The van der Waals surface area contributed by atoms with Crippen molar-refractivity contribution in [1.82, 2.24) is 5.43 Å². The number of nitro benzene ring substituents is 2. The van der Waals surface area contributed by atoms with Gasteiger partial charge in [0, 0.05) is 29.1 Å². The quantitative estimate of drug-likeness (QED) is 0.307. The minimum atomic E-state index is -0.795. The van der Waals surface area contributed by atoms with Gasteiger partial charge < -0.3 is 14.3 Å². The summed E-state index contributed by atoms with van der Waals surface area (Å²) in [6.45, 7) is 0. The fraction of sp³-hybridized carbons (Fsp3) is 0.0588. The smallest absolute Gasteiger partial charge is 0.307 e. The molecule has 0 aliphatic carbocycles. The van der Waals surface area contributed by atoms with Crippen LogP contribution in [-0.4, -0.2) is 34.2 Å². The number of hydrazone groups is 1. The van der Waals surface area contributed by atoms with Gasteiger partial charge in [-0.3, -0.25) is 25.0 Å². The molecule has 3 aromatic rings. The maximum Gasteiger partial charge on any atom is 0.307 e. The van der Waals surface area contributed by atoms with E-state index in [1.54, 1.807) is 0 Å². The molecule has 1 amide bonds. The molecule has 154 valence electrons. The van der Waals surface area contributed by atoms with E-state index in [1.807, 2.05) is 0 Å². The van der Waals surface area contributed by atoms with Crippen LogP contribution in [0.4, 0.5) is 11.4 Å². The first-order valence-electron chi connectivity index (χ1n) is 7.97. The first-order chi connectivity index (χ1) is 14.2. The van der Waals surface area contributed by atoms with Gasteiger partial charge in [-0.15, -0.1) is 0 Å². The number of furan rings is 1. The van der Waals surface area contributed by atoms with Crippen molar-refractivity contribution in [3.05, 3.63) is 66.4 Å². The molecule has 0 unspecified atom stereocenters. The molecular weight excluding hydrogens is 468 g/mol. The van der Waals surface area contributed by atoms with E-state index in [4.69, 9.17) is 9.15 Å². The van der Waals surface area contributed by atoms with Crippen molar-refractivity contribution >= 4 is 50.4 Å². The van der Waals surface area contributed by atoms with Crippen molar-refractivity contribution in [2.75, 3.05) is 7.11 Å². The van der Waals surface area contributed by atoms with Crippen LogP contribution in [0.15, 0.2) is 44.3 Å². The molecule has 0 aliphatic heterocycles. The normalized spacial score (nSPS) is 11.0. The molecule has 3 rings (SSSR count). The summed E-state index contributed by atoms with van der Waals surface area (Å²) in [6, 6.07) is 5.85. The molecule has 0 spiro atoms. The minimum Gasteiger partial charge on any atom is -0.506 e. The van der Waals surface area contributed by atoms with E-state index in [1.165, 1.54) is 19.2 Å². The molecule has 0 radical (unpaired) electrons. The van der Waals surface area contributed by atoms with Gasteiger partial charge in [-0.1, -0.05) is 0 Å². The summed E-state index contributed by atoms with van der Waals surface area (Å²) in [5.41, 5.74) is 1.73. The Labute approximate surface area is 175 Å². The maximum absolute atomic E-state index is 12.3. The minimum absolute atomic E-state index is 0.0155. The van der Waals surface area contributed by atoms with E-state index in [2.05, 4.69) is 26.5 Å². The van der Waals surface area contributed by atoms with Gasteiger partial charge in [0.1, 0.15) is 5.75 Å². The summed E-state index contributed by atoms with van der Waals surface area (Å²) in [7, 11) is 1.30. The predicted molar refractivity (Wildman–Crippen MR) is 107 cm³/mol. The lowest BCUT2D eigenvalue weighted by Crippen LogP contribution is -2.16. The Balaban J connectivity index is 1.86. The van der Waals surface area contributed by atoms with E-state index in [-0.39, 0.29) is 49.6 Å². The predicted octanol–water partition coefficient (Wildman–Crippen LogP) is 3.49. The molecule has 12 nitrogen and oxygen atoms in total. The third-order valence-corrected chi connectivity index (χ3v) is 4.48. The van der Waals surface area contributed by atoms with Crippen molar-refractivity contribution in [3.8, 4) is 11.5 Å². The second-order valence-electron chi connectivity index (χ2n) is 5.76. The zero-order valence-corrected chi connectivity index (χ0v) is 16.6. The van der Waals surface area contributed by atoms with Crippen molar-refractivity contribution in [2.24, 2.45) is 5.10 Å². The highest BCUT2D eigenvalue weighted by Gasteiger charge is 2.19. The number of aromatic hydroxyl groups is 1. The highest BCUT2D eigenvalue weighted by atomic mass is 79.9. The van der Waals surface area contributed by atoms with Crippen molar-refractivity contribution in [3.63, 3.8) is 0 Å². The number of fused-ring (bicyclic) bond motifs is 1. The number of amides is 1. The molecule has 0 saturated carbocycles. The number of nitrogens with zero attached hydrogens (tertiary/aromatic N) is 3. The van der Waals surface area contributed by atoms with Gasteiger partial charge in [0.15, 0.2) is 17.1 Å². The number of non-ortho nitro benzene ring substituents is 2. The summed E-state index contributed by atoms with van der Waals surface area (Å²) in [5.74, 6) is -1.23. The molecule has 0 bridgehead atoms. The summed E-state index contributed by atoms with van der Waals surface area (Å²) in [5, 5.41) is 35.8. The number of carbonyl (C=O) groups is 1. The molecule has 2 aromatic carbocycles. The third-order valence-electron chi connectivity index (χ3n) is 3.88. The van der Waals surface area contributed by atoms with E-state index in [0.29, 0.717) is 0 Å². The first kappa shape index (κ1) is 20.7. The zero-order chi connectivity index (χ0) is 22.0. The number of ether oxygens (including phenoxy) is 1. The fourth-order valence-corrected chi connectivity index (χ4v) is 2.96. The molecule has 0 aliphatic rings. The van der Waals surface area contributed by atoms with Crippen LogP contribution < -0.4 is 10.2 Å². The van der Waals surface area contributed by atoms with Gasteiger partial charge in [-0.25, -0.2) is 5.43 Å². The van der Waals surface area contributed by atoms with E-state index >= 15 is 0 Å². The van der Waals surface area contributed by atoms with Crippen LogP contribution in [0.2, 0.25) is 0 Å². The van der Waals surface area contributed by atoms with E-state index in [9.17, 15) is 30.1 Å². The molecule has 13 heteroatoms. The van der Waals surface area contributed by atoms with Gasteiger partial charge in [-0.2, -0.15) is 5.10 Å². The standard InChI is InChI=1S/C17H11BrN4O8/c1-29-13-6-11(22(27)28)2-8-4-14(30-16(8)13)17(24)20-19-7-9-3-10(21(25)26)5-12(18)15(9)23/h2-7,23H,1H3,(H,20,24)/b19-7-. The Hall–Kier alpha value is -4.00. The van der Waals surface area contributed by atoms with Crippen LogP contribution in [0.5, 0.6) is 11.5 Å². The number of hydrogen-bond acceptors (Lipinski definition) is 9. The maximum atomic E-state index is 12.3. The van der Waals surface area contributed by atoms with Gasteiger partial charge >= 0.3 is 5.91 Å². The van der Waals surface area contributed by atoms with Gasteiger partial charge in [0.25, 0.3) is 11.4 Å². The Kier molecular flexibility index (Phi) is 5.64. The number of phenols is 1. The lowest BCUT2D eigenvalue weighted by Gasteiger charge is -2.02. The Morgan fingerprint density at radius 1 is 1.20 bits per heavy atom. The molecule has 2 N–H and O–H groups in total. The number of nitro groups is 2. The Bertz CT molecular complexity index is 1220. The number of carbonyl (C=O) groups excluding carboxylic acids is 1. The summed E-state index contributed by atoms with van der Waals surface area (Å²) in [4.78, 5) is 32.9. The van der Waals surface area contributed by atoms with Crippen LogP contribution in [-0.2, 0) is 0 Å². The van der Waals surface area contributed by atoms with Crippen molar-refractivity contribution in [1.29, 1.82) is 0 Å². The highest BCUT2D eigenvalue weighted by molar-refractivity contribution is 9.10. The average molecular weight is 479 g/mol. The van der Waals surface area contributed by atoms with Crippen LogP contribution in [0, 0.1) is 20.2 Å². The van der Waals surface area contributed by atoms with Crippen molar-refractivity contribution < 1.29 is 28.9 Å². The summed E-state index contributed by atoms with van der Waals surface area (Å²) in [6.07, 6.45) is 1.01. The monoisotopic (exact) mass is 478 g/mol. The van der Waals surface area contributed by atoms with Crippen LogP contribution in [0.3, 0.4) is 0 Å². The molecule has 0 atom stereocenters. The molecule has 1 heterocycles. The molecule has 30 heavy (non-hydrogen) atoms. The Morgan fingerprint density at radius 2 is 1.87 bits per heavy atom. The third kappa shape index (κ3) is 4.05. The topological polar surface area (TPSA) is 170 Å². The number of methoxy groups -OCH3 is 1. The van der Waals surface area contributed by atoms with Gasteiger partial charge in [0.2, 0.25) is 0 Å². The van der Waals surface area contributed by atoms with Crippen LogP contribution >= 0.6 is 15.9 Å². The SMILES string of the molecule is COc1cc([N+](=O)[O-])cc2cc(C(=O)N/N=C\c3cc([N+](=O)[O-])cc(Br)c3O)oc12. The first-order valence-corrected chi connectivity index (χ1v) is 8.77. The lowest BCUT2D eigenvalue weighted by molar-refractivity contribution is -0.385. The largest absolute Gasteiger partial charge is 0.506 e. The molecule has 1 aromatic heterocycles. The summed E-state index contributed by atoms with van der Waals surface area (Å²) < 4.78 is 10.5. The number of halogens is 1. The number of phenolic OH excluding ortho intramolecular Hbond substituents is 1. The van der Waals surface area contributed by atoms with E-state index < -0.39 is 15.8 Å². The van der Waals surface area contributed by atoms with Gasteiger partial charge in [-0.05, 0) is 22.0 Å². The average Bonchev–Trinajstić information content (AvgIpc) is 3.14. The lowest BCUT2D eigenvalue weighted by atomic mass is 10.2. The Morgan fingerprint density at radius 3 is 2.50 bits per heavy atom. The second-order valence-corrected chi connectivity index (χ2v) is 6.61.